The summed E-state index contributed by atoms with van der Waals surface area (Å²) in [5.41, 5.74) is 5.52. The average molecular weight is 418 g/mol. The second-order valence-electron chi connectivity index (χ2n) is 7.41. The first-order valence-corrected chi connectivity index (χ1v) is 10.4. The van der Waals surface area contributed by atoms with Crippen LogP contribution >= 0.6 is 0 Å². The van der Waals surface area contributed by atoms with E-state index in [-0.39, 0.29) is 0 Å². The van der Waals surface area contributed by atoms with Crippen LogP contribution in [0.15, 0.2) is 55.0 Å². The van der Waals surface area contributed by atoms with Crippen molar-refractivity contribution in [3.8, 4) is 22.8 Å². The summed E-state index contributed by atoms with van der Waals surface area (Å²) in [7, 11) is 5.23. The lowest BCUT2D eigenvalue weighted by molar-refractivity contribution is 0.394. The first-order valence-electron chi connectivity index (χ1n) is 10.4. The minimum Gasteiger partial charge on any atom is -0.497 e. The van der Waals surface area contributed by atoms with Crippen molar-refractivity contribution in [2.24, 2.45) is 7.05 Å². The molecular weight excluding hydrogens is 390 g/mol. The van der Waals surface area contributed by atoms with E-state index in [1.54, 1.807) is 31.3 Å². The fraction of sp³-hybridized carbons (Fsp3) is 0.292. The molecule has 0 radical (unpaired) electrons. The highest BCUT2D eigenvalue weighted by molar-refractivity contribution is 5.82. The van der Waals surface area contributed by atoms with Gasteiger partial charge in [0.05, 0.1) is 43.3 Å². The number of nitrogens with zero attached hydrogens (tertiary/aromatic N) is 5. The Hall–Kier alpha value is -3.61. The van der Waals surface area contributed by atoms with Gasteiger partial charge in [-0.2, -0.15) is 5.10 Å². The molecule has 0 unspecified atom stereocenters. The molecule has 0 saturated heterocycles. The molecule has 0 aliphatic rings. The molecule has 0 atom stereocenters. The van der Waals surface area contributed by atoms with Crippen LogP contribution in [0.4, 0.5) is 11.4 Å². The molecule has 2 aromatic carbocycles. The van der Waals surface area contributed by atoms with E-state index in [9.17, 15) is 0 Å². The third-order valence-corrected chi connectivity index (χ3v) is 5.22. The highest BCUT2D eigenvalue weighted by atomic mass is 16.5. The highest BCUT2D eigenvalue weighted by Gasteiger charge is 2.14. The summed E-state index contributed by atoms with van der Waals surface area (Å²) >= 11 is 0. The van der Waals surface area contributed by atoms with Gasteiger partial charge in [0.2, 0.25) is 0 Å². The minimum atomic E-state index is 0.760. The number of ether oxygens (including phenoxy) is 2. The molecule has 4 aromatic rings. The maximum atomic E-state index is 5.49. The Labute approximate surface area is 182 Å². The summed E-state index contributed by atoms with van der Waals surface area (Å²) in [5, 5.41) is 4.24. The van der Waals surface area contributed by atoms with Crippen molar-refractivity contribution in [1.82, 2.24) is 19.7 Å². The maximum Gasteiger partial charge on any atom is 0.124 e. The first-order chi connectivity index (χ1) is 15.1. The number of hydrogen-bond acceptors (Lipinski definition) is 6. The zero-order valence-corrected chi connectivity index (χ0v) is 18.4. The molecule has 0 saturated carbocycles. The van der Waals surface area contributed by atoms with Crippen molar-refractivity contribution in [1.29, 1.82) is 0 Å². The summed E-state index contributed by atoms with van der Waals surface area (Å²) in [6.07, 6.45) is 7.68. The molecule has 7 heteroatoms. The van der Waals surface area contributed by atoms with Crippen LogP contribution in [0.1, 0.15) is 19.8 Å². The zero-order chi connectivity index (χ0) is 21.8. The smallest absolute Gasteiger partial charge is 0.124 e. The Morgan fingerprint density at radius 3 is 2.35 bits per heavy atom. The summed E-state index contributed by atoms with van der Waals surface area (Å²) < 4.78 is 12.7. The quantitative estimate of drug-likeness (QED) is 0.403. The fourth-order valence-corrected chi connectivity index (χ4v) is 3.53. The van der Waals surface area contributed by atoms with Crippen molar-refractivity contribution in [3.63, 3.8) is 0 Å². The lowest BCUT2D eigenvalue weighted by Crippen LogP contribution is -2.18. The summed E-state index contributed by atoms with van der Waals surface area (Å²) in [6.45, 7) is 3.06. The topological polar surface area (TPSA) is 65.3 Å². The molecule has 0 amide bonds. The Morgan fingerprint density at radius 2 is 1.71 bits per heavy atom. The summed E-state index contributed by atoms with van der Waals surface area (Å²) in [4.78, 5) is 11.7. The Balaban J connectivity index is 1.78. The van der Waals surface area contributed by atoms with Gasteiger partial charge in [-0.05, 0) is 24.6 Å². The predicted octanol–water partition coefficient (Wildman–Crippen LogP) is 4.99. The predicted molar refractivity (Wildman–Crippen MR) is 123 cm³/mol. The number of methoxy groups -OCH3 is 2. The van der Waals surface area contributed by atoms with Crippen LogP contribution in [-0.4, -0.2) is 40.5 Å². The van der Waals surface area contributed by atoms with E-state index in [0.717, 1.165) is 64.6 Å². The van der Waals surface area contributed by atoms with Gasteiger partial charge in [0.15, 0.2) is 0 Å². The Bertz CT molecular complexity index is 1170. The van der Waals surface area contributed by atoms with Gasteiger partial charge in [0.25, 0.3) is 0 Å². The van der Waals surface area contributed by atoms with Crippen molar-refractivity contribution in [2.75, 3.05) is 25.7 Å². The average Bonchev–Trinajstić information content (AvgIpc) is 3.24. The van der Waals surface area contributed by atoms with Crippen LogP contribution < -0.4 is 14.4 Å². The molecule has 0 bridgehead atoms. The molecule has 0 spiro atoms. The van der Waals surface area contributed by atoms with Gasteiger partial charge < -0.3 is 14.4 Å². The van der Waals surface area contributed by atoms with E-state index in [1.807, 2.05) is 37.5 Å². The van der Waals surface area contributed by atoms with Gasteiger partial charge in [0.1, 0.15) is 11.5 Å². The van der Waals surface area contributed by atoms with Crippen LogP contribution in [0.25, 0.3) is 22.3 Å². The lowest BCUT2D eigenvalue weighted by Gasteiger charge is -2.26. The maximum absolute atomic E-state index is 5.49. The zero-order valence-electron chi connectivity index (χ0n) is 18.4. The third-order valence-electron chi connectivity index (χ3n) is 5.22. The molecule has 2 aromatic heterocycles. The Kier molecular flexibility index (Phi) is 6.02. The standard InChI is InChI=1S/C24H27N5O2/c1-5-6-9-29(19-10-20(30-3)13-21(11-19)31-4)18-7-8-22-23(12-18)27-24(15-25-22)17-14-26-28(2)16-17/h7-8,10-16H,5-6,9H2,1-4H3. The van der Waals surface area contributed by atoms with Crippen molar-refractivity contribution >= 4 is 22.4 Å². The van der Waals surface area contributed by atoms with Crippen LogP contribution in [0.5, 0.6) is 11.5 Å². The molecule has 31 heavy (non-hydrogen) atoms. The monoisotopic (exact) mass is 417 g/mol. The van der Waals surface area contributed by atoms with Gasteiger partial charge in [-0.1, -0.05) is 13.3 Å². The molecule has 0 N–H and O–H groups in total. The largest absolute Gasteiger partial charge is 0.497 e. The number of hydrogen-bond donors (Lipinski definition) is 0. The van der Waals surface area contributed by atoms with E-state index in [1.165, 1.54) is 0 Å². The molecular formula is C24H27N5O2. The molecule has 0 aliphatic carbocycles. The van der Waals surface area contributed by atoms with E-state index in [2.05, 4.69) is 34.0 Å². The number of aromatic nitrogens is 4. The third kappa shape index (κ3) is 4.45. The fourth-order valence-electron chi connectivity index (χ4n) is 3.53. The first kappa shape index (κ1) is 20.7. The van der Waals surface area contributed by atoms with Crippen molar-refractivity contribution < 1.29 is 9.47 Å². The van der Waals surface area contributed by atoms with Crippen molar-refractivity contribution in [3.05, 3.63) is 55.0 Å². The van der Waals surface area contributed by atoms with Gasteiger partial charge in [-0.3, -0.25) is 9.67 Å². The summed E-state index contributed by atoms with van der Waals surface area (Å²) in [5.74, 6) is 1.52. The number of benzene rings is 2. The molecule has 0 aliphatic heterocycles. The van der Waals surface area contributed by atoms with Crippen LogP contribution in [0, 0.1) is 0 Å². The number of anilines is 2. The summed E-state index contributed by atoms with van der Waals surface area (Å²) in [6, 6.07) is 12.1. The number of rotatable bonds is 8. The molecule has 0 fully saturated rings. The lowest BCUT2D eigenvalue weighted by atomic mass is 10.1. The number of unbranched alkanes of at least 4 members (excludes halogenated alkanes) is 1. The van der Waals surface area contributed by atoms with E-state index in [4.69, 9.17) is 14.5 Å². The molecule has 4 rings (SSSR count). The molecule has 2 heterocycles. The Morgan fingerprint density at radius 1 is 0.935 bits per heavy atom. The van der Waals surface area contributed by atoms with Crippen LogP contribution in [0.2, 0.25) is 0 Å². The van der Waals surface area contributed by atoms with Gasteiger partial charge in [0, 0.05) is 54.9 Å². The molecule has 160 valence electrons. The second-order valence-corrected chi connectivity index (χ2v) is 7.41. The minimum absolute atomic E-state index is 0.760. The second kappa shape index (κ2) is 9.04. The van der Waals surface area contributed by atoms with E-state index < -0.39 is 0 Å². The van der Waals surface area contributed by atoms with Crippen LogP contribution in [0.3, 0.4) is 0 Å². The SMILES string of the molecule is CCCCN(c1cc(OC)cc(OC)c1)c1ccc2ncc(-c3cnn(C)c3)nc2c1. The van der Waals surface area contributed by atoms with Crippen molar-refractivity contribution in [2.45, 2.75) is 19.8 Å². The van der Waals surface area contributed by atoms with Gasteiger partial charge in [-0.25, -0.2) is 4.98 Å². The van der Waals surface area contributed by atoms with E-state index >= 15 is 0 Å². The van der Waals surface area contributed by atoms with E-state index in [0.29, 0.717) is 0 Å². The van der Waals surface area contributed by atoms with Crippen LogP contribution in [-0.2, 0) is 7.05 Å². The van der Waals surface area contributed by atoms with Gasteiger partial charge in [-0.15, -0.1) is 0 Å². The normalized spacial score (nSPS) is 11.0. The highest BCUT2D eigenvalue weighted by Crippen LogP contribution is 2.34. The molecule has 7 nitrogen and oxygen atoms in total. The van der Waals surface area contributed by atoms with Gasteiger partial charge >= 0.3 is 0 Å². The number of aryl methyl sites for hydroxylation is 1. The number of fused-ring (bicyclic) bond motifs is 1.